The lowest BCUT2D eigenvalue weighted by atomic mass is 10.1. The third kappa shape index (κ3) is 3.12. The van der Waals surface area contributed by atoms with Gasteiger partial charge in [-0.15, -0.1) is 0 Å². The van der Waals surface area contributed by atoms with E-state index in [0.717, 1.165) is 0 Å². The number of hydrogen-bond acceptors (Lipinski definition) is 3. The molecule has 3 nitrogen and oxygen atoms in total. The first-order chi connectivity index (χ1) is 7.04. The summed E-state index contributed by atoms with van der Waals surface area (Å²) < 4.78 is 4.78. The van der Waals surface area contributed by atoms with E-state index in [4.69, 9.17) is 33.2 Å². The molecule has 1 aromatic carbocycles. The van der Waals surface area contributed by atoms with Gasteiger partial charge in [0.2, 0.25) is 6.10 Å². The number of carbonyl (C=O) groups excluding carboxylic acids is 1. The molecular weight excluding hydrogens is 237 g/mol. The number of carbonyl (C=O) groups is 1. The molecular formula is C10H7Cl2NO2. The molecule has 0 radical (unpaired) electrons. The van der Waals surface area contributed by atoms with Gasteiger partial charge in [0.1, 0.15) is 6.07 Å². The van der Waals surface area contributed by atoms with Gasteiger partial charge in [-0.3, -0.25) is 4.79 Å². The molecule has 0 unspecified atom stereocenters. The summed E-state index contributed by atoms with van der Waals surface area (Å²) >= 11 is 11.5. The van der Waals surface area contributed by atoms with E-state index < -0.39 is 12.1 Å². The number of ether oxygens (including phenoxy) is 1. The summed E-state index contributed by atoms with van der Waals surface area (Å²) in [6.07, 6.45) is -0.947. The smallest absolute Gasteiger partial charge is 0.304 e. The number of rotatable bonds is 2. The lowest BCUT2D eigenvalue weighted by Crippen LogP contribution is -2.06. The highest BCUT2D eigenvalue weighted by Gasteiger charge is 2.14. The lowest BCUT2D eigenvalue weighted by molar-refractivity contribution is -0.144. The van der Waals surface area contributed by atoms with E-state index in [9.17, 15) is 4.79 Å². The van der Waals surface area contributed by atoms with Crippen LogP contribution in [0.3, 0.4) is 0 Å². The monoisotopic (exact) mass is 243 g/mol. The van der Waals surface area contributed by atoms with Crippen molar-refractivity contribution >= 4 is 29.2 Å². The molecule has 1 atom stereocenters. The fourth-order valence-electron chi connectivity index (χ4n) is 1.01. The Hall–Kier alpha value is -1.24. The first-order valence-electron chi connectivity index (χ1n) is 4.06. The van der Waals surface area contributed by atoms with Crippen LogP contribution in [0.1, 0.15) is 18.6 Å². The van der Waals surface area contributed by atoms with Gasteiger partial charge < -0.3 is 4.74 Å². The van der Waals surface area contributed by atoms with Crippen LogP contribution in [0, 0.1) is 11.3 Å². The molecule has 0 fully saturated rings. The van der Waals surface area contributed by atoms with Gasteiger partial charge in [0.25, 0.3) is 0 Å². The molecule has 0 aliphatic rings. The number of halogens is 2. The molecule has 0 amide bonds. The van der Waals surface area contributed by atoms with Gasteiger partial charge in [-0.1, -0.05) is 29.3 Å². The lowest BCUT2D eigenvalue weighted by Gasteiger charge is -2.09. The second kappa shape index (κ2) is 5.01. The Morgan fingerprint density at radius 2 is 2.13 bits per heavy atom. The second-order valence-electron chi connectivity index (χ2n) is 2.79. The third-order valence-corrected chi connectivity index (χ3v) is 2.39. The molecule has 0 bridgehead atoms. The zero-order chi connectivity index (χ0) is 11.4. The van der Waals surface area contributed by atoms with Gasteiger partial charge in [-0.25, -0.2) is 0 Å². The standard InChI is InChI=1S/C10H7Cl2NO2/c1-6(14)15-10(5-13)7-2-3-8(11)9(12)4-7/h2-4,10H,1H3/t10-/m0/s1. The predicted molar refractivity (Wildman–Crippen MR) is 56.6 cm³/mol. The minimum atomic E-state index is -0.947. The van der Waals surface area contributed by atoms with Crippen molar-refractivity contribution in [1.82, 2.24) is 0 Å². The van der Waals surface area contributed by atoms with Crippen molar-refractivity contribution in [3.8, 4) is 6.07 Å². The Bertz CT molecular complexity index is 426. The Labute approximate surface area is 97.2 Å². The molecule has 78 valence electrons. The van der Waals surface area contributed by atoms with E-state index in [1.165, 1.54) is 13.0 Å². The zero-order valence-corrected chi connectivity index (χ0v) is 9.34. The van der Waals surface area contributed by atoms with Gasteiger partial charge in [-0.05, 0) is 12.1 Å². The Morgan fingerprint density at radius 3 is 2.60 bits per heavy atom. The molecule has 0 spiro atoms. The van der Waals surface area contributed by atoms with Crippen LogP contribution in [0.5, 0.6) is 0 Å². The van der Waals surface area contributed by atoms with Gasteiger partial charge >= 0.3 is 5.97 Å². The van der Waals surface area contributed by atoms with Gasteiger partial charge in [0, 0.05) is 12.5 Å². The first kappa shape index (κ1) is 11.8. The van der Waals surface area contributed by atoms with Crippen LogP contribution < -0.4 is 0 Å². The van der Waals surface area contributed by atoms with Crippen molar-refractivity contribution < 1.29 is 9.53 Å². The summed E-state index contributed by atoms with van der Waals surface area (Å²) in [6, 6.07) is 6.49. The van der Waals surface area contributed by atoms with E-state index >= 15 is 0 Å². The second-order valence-corrected chi connectivity index (χ2v) is 3.61. The molecule has 0 saturated heterocycles. The highest BCUT2D eigenvalue weighted by Crippen LogP contribution is 2.26. The molecule has 0 N–H and O–H groups in total. The Morgan fingerprint density at radius 1 is 1.47 bits per heavy atom. The van der Waals surface area contributed by atoms with Crippen LogP contribution >= 0.6 is 23.2 Å². The van der Waals surface area contributed by atoms with Crippen molar-refractivity contribution in [2.24, 2.45) is 0 Å². The zero-order valence-electron chi connectivity index (χ0n) is 7.83. The van der Waals surface area contributed by atoms with Crippen LogP contribution in [-0.4, -0.2) is 5.97 Å². The van der Waals surface area contributed by atoms with E-state index in [2.05, 4.69) is 0 Å². The molecule has 15 heavy (non-hydrogen) atoms. The molecule has 0 saturated carbocycles. The average Bonchev–Trinajstić information content (AvgIpc) is 2.18. The maximum atomic E-state index is 10.7. The third-order valence-electron chi connectivity index (χ3n) is 1.65. The number of nitriles is 1. The van der Waals surface area contributed by atoms with Crippen LogP contribution in [0.2, 0.25) is 10.0 Å². The average molecular weight is 244 g/mol. The van der Waals surface area contributed by atoms with Gasteiger partial charge in [-0.2, -0.15) is 5.26 Å². The maximum absolute atomic E-state index is 10.7. The topological polar surface area (TPSA) is 50.1 Å². The van der Waals surface area contributed by atoms with Crippen LogP contribution in [0.15, 0.2) is 18.2 Å². The summed E-state index contributed by atoms with van der Waals surface area (Å²) in [4.78, 5) is 10.7. The van der Waals surface area contributed by atoms with Crippen molar-refractivity contribution in [2.75, 3.05) is 0 Å². The predicted octanol–water partition coefficient (Wildman–Crippen LogP) is 3.12. The summed E-state index contributed by atoms with van der Waals surface area (Å²) in [6.45, 7) is 1.24. The van der Waals surface area contributed by atoms with Crippen molar-refractivity contribution in [3.63, 3.8) is 0 Å². The number of hydrogen-bond donors (Lipinski definition) is 0. The minimum Gasteiger partial charge on any atom is -0.442 e. The first-order valence-corrected chi connectivity index (χ1v) is 4.82. The number of benzene rings is 1. The molecule has 5 heteroatoms. The van der Waals surface area contributed by atoms with E-state index in [1.807, 2.05) is 6.07 Å². The summed E-state index contributed by atoms with van der Waals surface area (Å²) in [5, 5.41) is 9.49. The highest BCUT2D eigenvalue weighted by atomic mass is 35.5. The van der Waals surface area contributed by atoms with E-state index in [0.29, 0.717) is 15.6 Å². The van der Waals surface area contributed by atoms with E-state index in [-0.39, 0.29) is 0 Å². The maximum Gasteiger partial charge on any atom is 0.304 e. The summed E-state index contributed by atoms with van der Waals surface area (Å²) in [5.74, 6) is -0.521. The Kier molecular flexibility index (Phi) is 3.96. The van der Waals surface area contributed by atoms with E-state index in [1.54, 1.807) is 12.1 Å². The molecule has 1 aromatic rings. The largest absolute Gasteiger partial charge is 0.442 e. The SMILES string of the molecule is CC(=O)O[C@@H](C#N)c1ccc(Cl)c(Cl)c1. The highest BCUT2D eigenvalue weighted by molar-refractivity contribution is 6.42. The summed E-state index contributed by atoms with van der Waals surface area (Å²) in [7, 11) is 0. The van der Waals surface area contributed by atoms with Gasteiger partial charge in [0.15, 0.2) is 0 Å². The fourth-order valence-corrected chi connectivity index (χ4v) is 1.32. The van der Waals surface area contributed by atoms with Crippen molar-refractivity contribution in [2.45, 2.75) is 13.0 Å². The van der Waals surface area contributed by atoms with Crippen LogP contribution in [0.4, 0.5) is 0 Å². The molecule has 0 aliphatic heterocycles. The van der Waals surface area contributed by atoms with Crippen LogP contribution in [0.25, 0.3) is 0 Å². The normalized spacial score (nSPS) is 11.6. The Balaban J connectivity index is 2.98. The number of nitrogens with zero attached hydrogens (tertiary/aromatic N) is 1. The summed E-state index contributed by atoms with van der Waals surface area (Å²) in [5.41, 5.74) is 0.502. The van der Waals surface area contributed by atoms with Crippen molar-refractivity contribution in [1.29, 1.82) is 5.26 Å². The van der Waals surface area contributed by atoms with Gasteiger partial charge in [0.05, 0.1) is 10.0 Å². The minimum absolute atomic E-state index is 0.321. The quantitative estimate of drug-likeness (QED) is 0.751. The molecule has 0 aromatic heterocycles. The number of esters is 1. The molecule has 1 rings (SSSR count). The molecule has 0 aliphatic carbocycles. The fraction of sp³-hybridized carbons (Fsp3) is 0.200. The van der Waals surface area contributed by atoms with Crippen LogP contribution in [-0.2, 0) is 9.53 Å². The molecule has 0 heterocycles. The van der Waals surface area contributed by atoms with Crippen molar-refractivity contribution in [3.05, 3.63) is 33.8 Å².